The molecule has 0 aliphatic rings. The van der Waals surface area contributed by atoms with Gasteiger partial charge in [-0.05, 0) is 55.2 Å². The molecule has 0 atom stereocenters. The van der Waals surface area contributed by atoms with E-state index in [0.29, 0.717) is 0 Å². The van der Waals surface area contributed by atoms with Crippen LogP contribution in [-0.4, -0.2) is 19.7 Å². The maximum Gasteiger partial charge on any atom is 0.119 e. The van der Waals surface area contributed by atoms with Gasteiger partial charge in [-0.25, -0.2) is 0 Å². The van der Waals surface area contributed by atoms with Crippen molar-refractivity contribution in [2.24, 2.45) is 0 Å². The van der Waals surface area contributed by atoms with Crippen molar-refractivity contribution in [1.29, 1.82) is 0 Å². The predicted molar refractivity (Wildman–Crippen MR) is 118 cm³/mol. The van der Waals surface area contributed by atoms with Gasteiger partial charge in [-0.15, -0.1) is 0 Å². The lowest BCUT2D eigenvalue weighted by molar-refractivity contribution is 0.304. The van der Waals surface area contributed by atoms with Crippen molar-refractivity contribution >= 4 is 11.4 Å². The highest BCUT2D eigenvalue weighted by molar-refractivity contribution is 5.57. The van der Waals surface area contributed by atoms with E-state index < -0.39 is 0 Å². The summed E-state index contributed by atoms with van der Waals surface area (Å²) in [5.74, 6) is 0.960. The molecule has 3 heteroatoms. The van der Waals surface area contributed by atoms with Crippen molar-refractivity contribution in [2.45, 2.75) is 59.3 Å². The zero-order valence-electron chi connectivity index (χ0n) is 17.3. The number of benzene rings is 2. The van der Waals surface area contributed by atoms with E-state index in [4.69, 9.17) is 4.74 Å². The smallest absolute Gasteiger partial charge is 0.119 e. The van der Waals surface area contributed by atoms with E-state index in [1.807, 2.05) is 0 Å². The van der Waals surface area contributed by atoms with Gasteiger partial charge in [0.05, 0.1) is 6.61 Å². The Balaban J connectivity index is 1.67. The van der Waals surface area contributed by atoms with Crippen molar-refractivity contribution in [3.05, 3.63) is 53.6 Å². The van der Waals surface area contributed by atoms with Gasteiger partial charge in [0.15, 0.2) is 0 Å². The maximum atomic E-state index is 5.82. The van der Waals surface area contributed by atoms with E-state index in [-0.39, 0.29) is 0 Å². The number of anilines is 2. The first-order valence-electron chi connectivity index (χ1n) is 10.5. The lowest BCUT2D eigenvalue weighted by Crippen LogP contribution is -2.15. The highest BCUT2D eigenvalue weighted by Gasteiger charge is 2.03. The minimum Gasteiger partial charge on any atom is -0.494 e. The number of unbranched alkanes of at least 4 members (excludes halogenated alkanes) is 4. The molecule has 0 aliphatic heterocycles. The van der Waals surface area contributed by atoms with Crippen molar-refractivity contribution in [2.75, 3.05) is 30.3 Å². The molecule has 148 valence electrons. The molecule has 0 unspecified atom stereocenters. The van der Waals surface area contributed by atoms with Crippen LogP contribution in [0.25, 0.3) is 0 Å². The lowest BCUT2D eigenvalue weighted by Gasteiger charge is -2.15. The molecule has 0 saturated heterocycles. The van der Waals surface area contributed by atoms with Crippen LogP contribution >= 0.6 is 0 Å². The number of ether oxygens (including phenoxy) is 1. The molecule has 0 radical (unpaired) electrons. The van der Waals surface area contributed by atoms with Crippen LogP contribution in [0.1, 0.15) is 57.1 Å². The van der Waals surface area contributed by atoms with Crippen LogP contribution in [0.15, 0.2) is 42.5 Å². The second-order valence-corrected chi connectivity index (χ2v) is 7.10. The minimum absolute atomic E-state index is 0.816. The van der Waals surface area contributed by atoms with Gasteiger partial charge in [0.2, 0.25) is 0 Å². The van der Waals surface area contributed by atoms with Crippen LogP contribution in [-0.2, 0) is 6.42 Å². The topological polar surface area (TPSA) is 33.3 Å². The second-order valence-electron chi connectivity index (χ2n) is 7.10. The Labute approximate surface area is 165 Å². The Kier molecular flexibility index (Phi) is 9.61. The fourth-order valence-corrected chi connectivity index (χ4v) is 3.24. The van der Waals surface area contributed by atoms with Gasteiger partial charge < -0.3 is 15.4 Å². The molecule has 2 rings (SSSR count). The molecular formula is C24H36N2O. The summed E-state index contributed by atoms with van der Waals surface area (Å²) in [6.45, 7) is 9.21. The SMILES string of the molecule is CCCCCCCOc1ccc(NCCNc2c(C)cccc2CC)cc1. The molecule has 0 fully saturated rings. The Bertz CT molecular complexity index is 652. The van der Waals surface area contributed by atoms with Crippen LogP contribution in [0.5, 0.6) is 5.75 Å². The monoisotopic (exact) mass is 368 g/mol. The van der Waals surface area contributed by atoms with Crippen LogP contribution in [0.4, 0.5) is 11.4 Å². The molecule has 2 N–H and O–H groups in total. The molecule has 0 aliphatic carbocycles. The standard InChI is InChI=1S/C24H36N2O/c1-4-6-7-8-9-19-27-23-15-13-22(14-16-23)25-17-18-26-24-20(3)11-10-12-21(24)5-2/h10-16,25-26H,4-9,17-19H2,1-3H3. The molecule has 2 aromatic carbocycles. The van der Waals surface area contributed by atoms with Gasteiger partial charge in [-0.3, -0.25) is 0 Å². The first-order valence-corrected chi connectivity index (χ1v) is 10.5. The van der Waals surface area contributed by atoms with Crippen LogP contribution in [0.3, 0.4) is 0 Å². The number of hydrogen-bond acceptors (Lipinski definition) is 3. The summed E-state index contributed by atoms with van der Waals surface area (Å²) in [4.78, 5) is 0. The fraction of sp³-hybridized carbons (Fsp3) is 0.500. The minimum atomic E-state index is 0.816. The van der Waals surface area contributed by atoms with Gasteiger partial charge in [0, 0.05) is 24.5 Å². The number of aryl methyl sites for hydroxylation is 2. The van der Waals surface area contributed by atoms with E-state index in [9.17, 15) is 0 Å². The zero-order valence-corrected chi connectivity index (χ0v) is 17.3. The third-order valence-electron chi connectivity index (χ3n) is 4.87. The van der Waals surface area contributed by atoms with Crippen LogP contribution in [0.2, 0.25) is 0 Å². The lowest BCUT2D eigenvalue weighted by atomic mass is 10.1. The molecular weight excluding hydrogens is 332 g/mol. The molecule has 0 aromatic heterocycles. The summed E-state index contributed by atoms with van der Waals surface area (Å²) in [6, 6.07) is 14.8. The molecule has 0 bridgehead atoms. The highest BCUT2D eigenvalue weighted by atomic mass is 16.5. The Morgan fingerprint density at radius 3 is 2.30 bits per heavy atom. The summed E-state index contributed by atoms with van der Waals surface area (Å²) < 4.78 is 5.82. The van der Waals surface area contributed by atoms with Gasteiger partial charge >= 0.3 is 0 Å². The van der Waals surface area contributed by atoms with Gasteiger partial charge in [0.25, 0.3) is 0 Å². The first-order chi connectivity index (χ1) is 13.2. The Hall–Kier alpha value is -2.16. The first kappa shape index (κ1) is 21.1. The van der Waals surface area contributed by atoms with Gasteiger partial charge in [-0.2, -0.15) is 0 Å². The summed E-state index contributed by atoms with van der Waals surface area (Å²) >= 11 is 0. The van der Waals surface area contributed by atoms with Crippen molar-refractivity contribution < 1.29 is 4.74 Å². The van der Waals surface area contributed by atoms with E-state index in [2.05, 4.69) is 73.9 Å². The molecule has 0 amide bonds. The molecule has 0 saturated carbocycles. The normalized spacial score (nSPS) is 10.6. The maximum absolute atomic E-state index is 5.82. The van der Waals surface area contributed by atoms with Crippen molar-refractivity contribution in [3.8, 4) is 5.75 Å². The van der Waals surface area contributed by atoms with Gasteiger partial charge in [-0.1, -0.05) is 57.7 Å². The Morgan fingerprint density at radius 1 is 0.815 bits per heavy atom. The van der Waals surface area contributed by atoms with E-state index in [1.54, 1.807) is 0 Å². The van der Waals surface area contributed by atoms with Crippen LogP contribution < -0.4 is 15.4 Å². The largest absolute Gasteiger partial charge is 0.494 e. The number of para-hydroxylation sites is 1. The molecule has 3 nitrogen and oxygen atoms in total. The summed E-state index contributed by atoms with van der Waals surface area (Å²) in [5.41, 5.74) is 5.11. The van der Waals surface area contributed by atoms with Gasteiger partial charge in [0.1, 0.15) is 5.75 Å². The van der Waals surface area contributed by atoms with Crippen molar-refractivity contribution in [1.82, 2.24) is 0 Å². The third-order valence-corrected chi connectivity index (χ3v) is 4.87. The second kappa shape index (κ2) is 12.3. The number of rotatable bonds is 13. The number of hydrogen-bond donors (Lipinski definition) is 2. The fourth-order valence-electron chi connectivity index (χ4n) is 3.24. The molecule has 2 aromatic rings. The van der Waals surface area contributed by atoms with Crippen molar-refractivity contribution in [3.63, 3.8) is 0 Å². The molecule has 0 spiro atoms. The Morgan fingerprint density at radius 2 is 1.56 bits per heavy atom. The number of nitrogens with one attached hydrogen (secondary N) is 2. The average molecular weight is 369 g/mol. The molecule has 0 heterocycles. The quantitative estimate of drug-likeness (QED) is 0.400. The van der Waals surface area contributed by atoms with E-state index in [1.165, 1.54) is 42.5 Å². The zero-order chi connectivity index (χ0) is 19.3. The average Bonchev–Trinajstić information content (AvgIpc) is 2.69. The van der Waals surface area contributed by atoms with Crippen LogP contribution in [0, 0.1) is 6.92 Å². The predicted octanol–water partition coefficient (Wildman–Crippen LogP) is 6.43. The molecule has 27 heavy (non-hydrogen) atoms. The summed E-state index contributed by atoms with van der Waals surface area (Å²) in [6.07, 6.45) is 7.40. The van der Waals surface area contributed by atoms with E-state index in [0.717, 1.165) is 44.0 Å². The third kappa shape index (κ3) is 7.54. The summed E-state index contributed by atoms with van der Waals surface area (Å²) in [7, 11) is 0. The van der Waals surface area contributed by atoms with E-state index >= 15 is 0 Å². The summed E-state index contributed by atoms with van der Waals surface area (Å²) in [5, 5.41) is 7.05. The highest BCUT2D eigenvalue weighted by Crippen LogP contribution is 2.21.